The summed E-state index contributed by atoms with van der Waals surface area (Å²) in [5.41, 5.74) is 36.6. The second-order valence-corrected chi connectivity index (χ2v) is 39.6. The number of carboxylic acid groups (broad SMARTS) is 4. The van der Waals surface area contributed by atoms with Crippen LogP contribution in [0, 0.1) is 66.1 Å². The summed E-state index contributed by atoms with van der Waals surface area (Å²) in [6.07, 6.45) is -6.22. The van der Waals surface area contributed by atoms with Gasteiger partial charge in [-0.1, -0.05) is 40.7 Å². The number of phosphoric ester groups is 1. The van der Waals surface area contributed by atoms with E-state index >= 15 is 0 Å². The number of aliphatic hydroxyl groups excluding tert-OH is 4. The largest absolute Gasteiger partial charge is 3.00 e. The number of hydrogen-bond acceptors (Lipinski definition) is 33. The number of carbonyl (C=O) groups is 12. The Balaban J connectivity index is 0.00000102. The molecule has 0 saturated carbocycles. The van der Waals surface area contributed by atoms with Crippen molar-refractivity contribution < 1.29 is 143 Å². The molecule has 48 nitrogen and oxygen atoms in total. The summed E-state index contributed by atoms with van der Waals surface area (Å²) in [5, 5.41) is 93.3. The van der Waals surface area contributed by atoms with Gasteiger partial charge in [0.05, 0.1) is 86.5 Å². The molecule has 8 bridgehead atoms. The van der Waals surface area contributed by atoms with Crippen LogP contribution in [0.4, 0.5) is 5.82 Å². The van der Waals surface area contributed by atoms with Crippen LogP contribution in [0.25, 0.3) is 27.5 Å². The average Bonchev–Trinajstić information content (AvgIpc) is 1.52. The van der Waals surface area contributed by atoms with Crippen molar-refractivity contribution in [1.29, 1.82) is 0 Å². The van der Waals surface area contributed by atoms with Gasteiger partial charge in [0.1, 0.15) is 36.3 Å². The Hall–Kier alpha value is -11.0. The summed E-state index contributed by atoms with van der Waals surface area (Å²) < 4.78 is 39.0. The molecule has 23 N–H and O–H groups in total. The number of amides is 8. The number of aliphatic hydroxyl groups is 4. The topological polar surface area (TPSA) is 758 Å². The van der Waals surface area contributed by atoms with Crippen LogP contribution in [0.1, 0.15) is 169 Å². The second-order valence-electron chi connectivity index (χ2n) is 38.3. The van der Waals surface area contributed by atoms with Crippen LogP contribution in [0.2, 0.25) is 0 Å². The smallest absolute Gasteiger partial charge is 0.756 e. The second kappa shape index (κ2) is 46.8. The number of allylic oxidation sites excluding steroid dienone is 6. The van der Waals surface area contributed by atoms with Crippen LogP contribution in [0.3, 0.4) is 0 Å². The zero-order chi connectivity index (χ0) is 103. The number of aromatic nitrogens is 6. The molecule has 50 heteroatoms. The van der Waals surface area contributed by atoms with Crippen molar-refractivity contribution in [2.75, 3.05) is 90.9 Å². The molecular weight excluding hydrogens is 1900 g/mol. The third kappa shape index (κ3) is 26.1. The molecule has 1 unspecified atom stereocenters. The van der Waals surface area contributed by atoms with Crippen molar-refractivity contribution in [3.63, 3.8) is 0 Å². The van der Waals surface area contributed by atoms with Gasteiger partial charge in [-0.2, -0.15) is 5.70 Å². The fraction of sp³-hybridized carbons (Fsp3) is 0.622. The van der Waals surface area contributed by atoms with Gasteiger partial charge in [0.2, 0.25) is 47.3 Å². The molecule has 4 aromatic rings. The van der Waals surface area contributed by atoms with Crippen molar-refractivity contribution in [3.8, 4) is 0 Å². The van der Waals surface area contributed by atoms with E-state index in [-0.39, 0.29) is 126 Å². The van der Waals surface area contributed by atoms with Crippen LogP contribution in [-0.2, 0) is 97.4 Å². The number of ether oxygens (including phenoxy) is 2. The summed E-state index contributed by atoms with van der Waals surface area (Å²) in [6, 6.07) is 2.50. The van der Waals surface area contributed by atoms with Crippen LogP contribution in [0.15, 0.2) is 80.4 Å². The number of aryl methyl sites for hydroxylation is 2. The number of imidazole rings is 2. The summed E-state index contributed by atoms with van der Waals surface area (Å²) in [7, 11) is -5.40. The number of anilines is 1. The van der Waals surface area contributed by atoms with Gasteiger partial charge in [-0.05, 0) is 138 Å². The fourth-order valence-corrected chi connectivity index (χ4v) is 21.5. The maximum atomic E-state index is 14.6. The van der Waals surface area contributed by atoms with Gasteiger partial charge in [0.15, 0.2) is 23.9 Å². The number of carboxylic acids is 4. The molecule has 3 saturated heterocycles. The van der Waals surface area contributed by atoms with Crippen LogP contribution >= 0.6 is 7.82 Å². The molecule has 140 heavy (non-hydrogen) atoms. The standard InChI is InChI=1S/C80H120N17O23P.C10H12N5O3.Co/c1-42-28-52-53(29-43(42)2)97(41-89-52)75-70(115)71(54(40-98)118-75)120-121(116,117)119-44(3)34-88-62(105)20-21-77(8)50(30-58(83)101)74-80(11)79(10,33-60(85)103)49(16-19-61(104)86-22-12-13-23-87-63(106)35-94(24-26-95(36-64(107)108)37-65(109)110)25-27-96(38-66(111)112)39-67(113)114)69(93-80)46(5)73-78(9,32-59(84)102)47(14-17-56(81)99)51(90-73)31-55-76(6,7)48(15-18-57(82)100)68(91-55)45(4)72(77)92-74;1-4-6(16)7(17)10(18-4)15-3-14-5-8(11)12-2-13-9(5)15;/h28-29,31,41,44,47-50,54,70-71,74-75,98,115H,12-27,30,32-40H2,1-11H3,(H19,81,82,83,84,85,86,87,88,90,91,92,93,99,100,101,102,103,104,105,106,107,108,109,110,111,112,113,114,116,117);2-4,6-7,10,16-17H,1H2,(H2,11,12,13);/q;-1;+3/p-2/t44-,47-,48-,49-,50+,54-,70-,71-,74-,75+,77-,78+,79+,80+;4-,6-,7-,10-;/m11./s1. The zero-order valence-electron chi connectivity index (χ0n) is 80.1. The minimum absolute atomic E-state index is 0. The van der Waals surface area contributed by atoms with Gasteiger partial charge in [0, 0.05) is 148 Å². The number of nitrogens with one attached hydrogen (secondary N) is 3. The molecular formula is C90H130CoN22O26P. The summed E-state index contributed by atoms with van der Waals surface area (Å²) in [6.45, 7) is 18.9. The van der Waals surface area contributed by atoms with Crippen molar-refractivity contribution in [2.24, 2.45) is 89.0 Å². The zero-order valence-corrected chi connectivity index (χ0v) is 82.1. The van der Waals surface area contributed by atoms with Gasteiger partial charge in [-0.25, -0.2) is 19.9 Å². The Kier molecular flexibility index (Phi) is 37.6. The predicted molar refractivity (Wildman–Crippen MR) is 499 cm³/mol. The Labute approximate surface area is 818 Å². The predicted octanol–water partition coefficient (Wildman–Crippen LogP) is -0.0537. The summed E-state index contributed by atoms with van der Waals surface area (Å²) in [4.78, 5) is 207. The Morgan fingerprint density at radius 3 is 1.74 bits per heavy atom. The minimum atomic E-state index is -5.40. The number of aliphatic carboxylic acids is 4. The number of nitrogens with two attached hydrogens (primary N) is 6. The van der Waals surface area contributed by atoms with Crippen LogP contribution in [-0.4, -0.2) is 312 Å². The van der Waals surface area contributed by atoms with E-state index in [1.54, 1.807) is 40.7 Å². The third-order valence-corrected chi connectivity index (χ3v) is 29.1. The van der Waals surface area contributed by atoms with E-state index in [1.165, 1.54) is 39.9 Å². The number of aliphatic imine (C=N–C) groups is 3. The Morgan fingerprint density at radius 1 is 0.629 bits per heavy atom. The number of rotatable bonds is 48. The van der Waals surface area contributed by atoms with Crippen LogP contribution < -0.4 is 55.2 Å². The molecule has 10 heterocycles. The Morgan fingerprint density at radius 2 is 1.18 bits per heavy atom. The van der Waals surface area contributed by atoms with Gasteiger partial charge in [-0.15, -0.1) is 0 Å². The molecule has 11 rings (SSSR count). The average molecular weight is 2030 g/mol. The molecule has 7 aliphatic heterocycles. The number of hydrogen-bond donors (Lipinski definition) is 17. The van der Waals surface area contributed by atoms with Gasteiger partial charge >= 0.3 is 40.7 Å². The van der Waals surface area contributed by atoms with Gasteiger partial charge < -0.3 is 131 Å². The maximum Gasteiger partial charge on any atom is 3.00 e. The van der Waals surface area contributed by atoms with E-state index < -0.39 is 243 Å². The maximum absolute atomic E-state index is 14.6. The van der Waals surface area contributed by atoms with Crippen molar-refractivity contribution in [2.45, 2.75) is 226 Å². The van der Waals surface area contributed by atoms with E-state index in [4.69, 9.17) is 73.2 Å². The van der Waals surface area contributed by atoms with Crippen molar-refractivity contribution >= 4 is 124 Å². The first-order chi connectivity index (χ1) is 65.1. The molecule has 770 valence electrons. The van der Waals surface area contributed by atoms with E-state index in [9.17, 15) is 108 Å². The monoisotopic (exact) mass is 2020 g/mol. The molecule has 0 aliphatic carbocycles. The van der Waals surface area contributed by atoms with Gasteiger partial charge in [-0.3, -0.25) is 96.3 Å². The summed E-state index contributed by atoms with van der Waals surface area (Å²) in [5.74, 6) is -13.5. The Bertz CT molecular complexity index is 5520. The van der Waals surface area contributed by atoms with E-state index in [0.29, 0.717) is 80.4 Å². The molecule has 3 aromatic heterocycles. The van der Waals surface area contributed by atoms with E-state index in [0.717, 1.165) is 20.9 Å². The number of benzene rings is 1. The molecule has 19 atom stereocenters. The first kappa shape index (κ1) is 113. The molecule has 0 spiro atoms. The quantitative estimate of drug-likeness (QED) is 0.0157. The fourth-order valence-electron chi connectivity index (χ4n) is 20.4. The van der Waals surface area contributed by atoms with E-state index in [1.807, 2.05) is 46.8 Å². The number of nitrogen functional groups attached to an aromatic ring is 1. The number of carbonyl (C=O) groups excluding carboxylic acids is 8. The minimum Gasteiger partial charge on any atom is -0.756 e. The summed E-state index contributed by atoms with van der Waals surface area (Å²) >= 11 is 0. The van der Waals surface area contributed by atoms with Crippen LogP contribution in [0.5, 0.6) is 0 Å². The molecule has 3 fully saturated rings. The molecule has 0 radical (unpaired) electrons. The number of unbranched alkanes of at least 4 members (excludes halogenated alkanes) is 1. The molecule has 8 amide bonds. The number of phosphoric acid groups is 1. The van der Waals surface area contributed by atoms with E-state index in [2.05, 4.69) is 42.8 Å². The van der Waals surface area contributed by atoms with Gasteiger partial charge in [0.25, 0.3) is 7.82 Å². The van der Waals surface area contributed by atoms with Crippen molar-refractivity contribution in [3.05, 3.63) is 88.8 Å². The molecule has 7 aliphatic rings. The normalized spacial score (nSPS) is 28.7. The third-order valence-electron chi connectivity index (χ3n) is 28.0. The SMILES string of the molecule is C/C1=C2/[N-][C@H]([C@H](CC(N)=O)[C@@]2(C)CCC(=O)NC[C@@H](C)OP(=O)([O-])O[C@H]2[C@@H](O)[C@@H](n3cnc4cc(C)c(C)cc43)O[C@@H]2CO)[C@]2(C)N=C(/C(C)=C3N=C(/C=C4N=C1[C@@H](CCC(N)=O)C\4(C)C)[C@@H](CCC(N)=O)[C@]\3(C)CC(N)=O)[C@@H](CCC(=O)NCCCCNC(=O)CN(CCN(CC(=O)O)CC(=O)O)CCN(CC(=O)O)CC(=O)O)[C@]2(C)CC(N)=O.[CH2-][C@H]1O[C@@H](n2cnc3c(N)ncnc32)[C@H](O)[C@@H]1O.[Co+3]. The van der Waals surface area contributed by atoms with Crippen molar-refractivity contribution in [1.82, 2.24) is 59.7 Å². The molecule has 1 aromatic carbocycles. The number of nitrogens with zero attached hydrogens (tertiary/aromatic N) is 13. The first-order valence-electron chi connectivity index (χ1n) is 45.8. The number of fused-ring (bicyclic) bond motifs is 8. The number of primary amides is 5. The first-order valence-corrected chi connectivity index (χ1v) is 47.3.